The van der Waals surface area contributed by atoms with Crippen LogP contribution in [-0.2, 0) is 0 Å². The van der Waals surface area contributed by atoms with Gasteiger partial charge in [-0.15, -0.1) is 10.2 Å². The molecule has 4 aromatic rings. The van der Waals surface area contributed by atoms with Crippen LogP contribution in [0.2, 0.25) is 0 Å². The molecule has 0 bridgehead atoms. The van der Waals surface area contributed by atoms with Crippen molar-refractivity contribution in [3.05, 3.63) is 76.3 Å². The highest BCUT2D eigenvalue weighted by atomic mass is 16.6. The second-order valence-corrected chi connectivity index (χ2v) is 6.72. The molecule has 0 aliphatic carbocycles. The molecule has 4 rings (SSSR count). The molecule has 3 aromatic carbocycles. The third kappa shape index (κ3) is 4.19. The Morgan fingerprint density at radius 1 is 1.06 bits per heavy atom. The van der Waals surface area contributed by atoms with E-state index in [0.29, 0.717) is 16.7 Å². The first-order valence-electron chi connectivity index (χ1n) is 9.72. The van der Waals surface area contributed by atoms with E-state index >= 15 is 0 Å². The molecule has 32 heavy (non-hydrogen) atoms. The van der Waals surface area contributed by atoms with E-state index in [4.69, 9.17) is 9.47 Å². The maximum Gasteiger partial charge on any atom is 0.311 e. The number of ether oxygens (including phenoxy) is 2. The number of nitro benzene ring substituents is 1. The number of hydrogen-bond donors (Lipinski definition) is 1. The highest BCUT2D eigenvalue weighted by Gasteiger charge is 2.19. The van der Waals surface area contributed by atoms with E-state index in [0.717, 1.165) is 11.4 Å². The van der Waals surface area contributed by atoms with Crippen molar-refractivity contribution < 1.29 is 19.2 Å². The number of amides is 1. The molecule has 0 aliphatic heterocycles. The second kappa shape index (κ2) is 8.72. The van der Waals surface area contributed by atoms with E-state index in [1.807, 2.05) is 24.3 Å². The second-order valence-electron chi connectivity index (χ2n) is 6.72. The molecule has 1 N–H and O–H groups in total. The summed E-state index contributed by atoms with van der Waals surface area (Å²) >= 11 is 0. The summed E-state index contributed by atoms with van der Waals surface area (Å²) in [6.07, 6.45) is 0. The fourth-order valence-corrected chi connectivity index (χ4v) is 3.11. The van der Waals surface area contributed by atoms with Crippen molar-refractivity contribution in [2.45, 2.75) is 6.92 Å². The zero-order valence-corrected chi connectivity index (χ0v) is 17.3. The van der Waals surface area contributed by atoms with Gasteiger partial charge < -0.3 is 14.8 Å². The van der Waals surface area contributed by atoms with Crippen LogP contribution in [0.5, 0.6) is 11.5 Å². The van der Waals surface area contributed by atoms with Gasteiger partial charge in [0.2, 0.25) is 0 Å². The molecule has 0 radical (unpaired) electrons. The predicted molar refractivity (Wildman–Crippen MR) is 118 cm³/mol. The van der Waals surface area contributed by atoms with Gasteiger partial charge in [-0.05, 0) is 61.5 Å². The van der Waals surface area contributed by atoms with E-state index in [1.54, 1.807) is 32.2 Å². The Hall–Kier alpha value is -4.47. The average Bonchev–Trinajstić information content (AvgIpc) is 3.23. The van der Waals surface area contributed by atoms with Crippen molar-refractivity contribution in [2.24, 2.45) is 0 Å². The van der Waals surface area contributed by atoms with Crippen molar-refractivity contribution in [3.63, 3.8) is 0 Å². The van der Waals surface area contributed by atoms with Gasteiger partial charge >= 0.3 is 5.69 Å². The van der Waals surface area contributed by atoms with Gasteiger partial charge in [0.05, 0.1) is 24.3 Å². The van der Waals surface area contributed by atoms with Gasteiger partial charge in [-0.3, -0.25) is 14.9 Å². The third-order valence-electron chi connectivity index (χ3n) is 4.66. The van der Waals surface area contributed by atoms with Crippen molar-refractivity contribution in [1.29, 1.82) is 0 Å². The number of carbonyl (C=O) groups is 1. The summed E-state index contributed by atoms with van der Waals surface area (Å²) in [5.74, 6) is 0.355. The largest absolute Gasteiger partial charge is 0.497 e. The summed E-state index contributed by atoms with van der Waals surface area (Å²) in [5, 5.41) is 22.9. The first-order chi connectivity index (χ1) is 15.5. The number of aromatic nitrogens is 3. The number of methoxy groups -OCH3 is 1. The predicted octanol–water partition coefficient (Wildman–Crippen LogP) is 3.99. The van der Waals surface area contributed by atoms with Crippen LogP contribution in [0.3, 0.4) is 0 Å². The summed E-state index contributed by atoms with van der Waals surface area (Å²) in [5.41, 5.74) is 2.35. The molecule has 162 valence electrons. The average molecular weight is 433 g/mol. The lowest BCUT2D eigenvalue weighted by atomic mass is 10.1. The maximum absolute atomic E-state index is 12.7. The Morgan fingerprint density at radius 3 is 2.50 bits per heavy atom. The van der Waals surface area contributed by atoms with Crippen LogP contribution in [0.15, 0.2) is 60.7 Å². The van der Waals surface area contributed by atoms with Crippen molar-refractivity contribution in [3.8, 4) is 17.2 Å². The molecule has 10 nitrogen and oxygen atoms in total. The van der Waals surface area contributed by atoms with Crippen LogP contribution in [0.25, 0.3) is 16.7 Å². The quantitative estimate of drug-likeness (QED) is 0.345. The minimum atomic E-state index is -0.578. The number of nitro groups is 1. The zero-order valence-electron chi connectivity index (χ0n) is 17.3. The van der Waals surface area contributed by atoms with E-state index in [2.05, 4.69) is 15.5 Å². The first kappa shape index (κ1) is 20.8. The van der Waals surface area contributed by atoms with Crippen molar-refractivity contribution in [1.82, 2.24) is 15.0 Å². The number of carbonyl (C=O) groups excluding carboxylic acids is 1. The van der Waals surface area contributed by atoms with Gasteiger partial charge in [-0.2, -0.15) is 4.80 Å². The third-order valence-corrected chi connectivity index (χ3v) is 4.66. The number of nitrogens with one attached hydrogen (secondary N) is 1. The molecule has 0 spiro atoms. The van der Waals surface area contributed by atoms with E-state index < -0.39 is 10.8 Å². The molecule has 1 aromatic heterocycles. The van der Waals surface area contributed by atoms with E-state index in [9.17, 15) is 14.9 Å². The number of fused-ring (bicyclic) bond motifs is 1. The van der Waals surface area contributed by atoms with Crippen LogP contribution in [0.1, 0.15) is 17.3 Å². The summed E-state index contributed by atoms with van der Waals surface area (Å²) in [6, 6.07) is 16.5. The smallest absolute Gasteiger partial charge is 0.311 e. The fourth-order valence-electron chi connectivity index (χ4n) is 3.11. The Bertz CT molecular complexity index is 1300. The lowest BCUT2D eigenvalue weighted by molar-refractivity contribution is -0.385. The van der Waals surface area contributed by atoms with Gasteiger partial charge in [0.25, 0.3) is 5.91 Å². The number of nitrogens with zero attached hydrogens (tertiary/aromatic N) is 4. The van der Waals surface area contributed by atoms with Gasteiger partial charge in [0, 0.05) is 17.3 Å². The molecule has 1 heterocycles. The van der Waals surface area contributed by atoms with Gasteiger partial charge in [0.1, 0.15) is 16.8 Å². The van der Waals surface area contributed by atoms with Gasteiger partial charge in [-0.25, -0.2) is 0 Å². The normalized spacial score (nSPS) is 10.7. The number of benzene rings is 3. The monoisotopic (exact) mass is 433 g/mol. The lowest BCUT2D eigenvalue weighted by Crippen LogP contribution is -2.12. The lowest BCUT2D eigenvalue weighted by Gasteiger charge is -2.07. The number of rotatable bonds is 7. The van der Waals surface area contributed by atoms with Crippen molar-refractivity contribution >= 4 is 28.3 Å². The summed E-state index contributed by atoms with van der Waals surface area (Å²) < 4.78 is 10.4. The van der Waals surface area contributed by atoms with Crippen LogP contribution < -0.4 is 14.8 Å². The molecule has 0 aliphatic rings. The minimum absolute atomic E-state index is 0.116. The van der Waals surface area contributed by atoms with Crippen LogP contribution in [0.4, 0.5) is 11.4 Å². The highest BCUT2D eigenvalue weighted by Crippen LogP contribution is 2.28. The topological polar surface area (TPSA) is 121 Å². The maximum atomic E-state index is 12.7. The molecule has 0 atom stereocenters. The Morgan fingerprint density at radius 2 is 1.81 bits per heavy atom. The number of anilines is 1. The molecule has 0 saturated carbocycles. The van der Waals surface area contributed by atoms with E-state index in [-0.39, 0.29) is 23.6 Å². The van der Waals surface area contributed by atoms with E-state index in [1.165, 1.54) is 23.0 Å². The molecular formula is C22H19N5O5. The summed E-state index contributed by atoms with van der Waals surface area (Å²) in [6.45, 7) is 2.01. The van der Waals surface area contributed by atoms with Crippen LogP contribution in [0, 0.1) is 10.1 Å². The molecule has 0 fully saturated rings. The minimum Gasteiger partial charge on any atom is -0.497 e. The van der Waals surface area contributed by atoms with Gasteiger partial charge in [0.15, 0.2) is 5.75 Å². The van der Waals surface area contributed by atoms with Crippen molar-refractivity contribution in [2.75, 3.05) is 19.0 Å². The first-order valence-corrected chi connectivity index (χ1v) is 9.72. The molecule has 0 unspecified atom stereocenters. The fraction of sp³-hybridized carbons (Fsp3) is 0.136. The van der Waals surface area contributed by atoms with Gasteiger partial charge in [-0.1, -0.05) is 0 Å². The molecule has 1 amide bonds. The Kier molecular flexibility index (Phi) is 5.67. The number of hydrogen-bond acceptors (Lipinski definition) is 7. The van der Waals surface area contributed by atoms with Crippen LogP contribution in [-0.4, -0.2) is 39.5 Å². The Balaban J connectivity index is 1.57. The molecular weight excluding hydrogens is 414 g/mol. The standard InChI is InChI=1S/C22H19N5O5/c1-3-32-21-11-4-14(12-20(21)27(29)30)22(28)23-15-5-10-18-19(13-15)25-26(24-18)16-6-8-17(31-2)9-7-16/h4-13H,3H2,1-2H3,(H,23,28). The molecule has 10 heteroatoms. The highest BCUT2D eigenvalue weighted by molar-refractivity contribution is 6.05. The van der Waals surface area contributed by atoms with Crippen LogP contribution >= 0.6 is 0 Å². The zero-order chi connectivity index (χ0) is 22.7. The Labute approximate surface area is 182 Å². The summed E-state index contributed by atoms with van der Waals surface area (Å²) in [7, 11) is 1.59. The SMILES string of the molecule is CCOc1ccc(C(=O)Nc2ccc3nn(-c4ccc(OC)cc4)nc3c2)cc1[N+](=O)[O-]. The summed E-state index contributed by atoms with van der Waals surface area (Å²) in [4.78, 5) is 24.9. The molecule has 0 saturated heterocycles.